The molecule has 0 saturated carbocycles. The fourth-order valence-electron chi connectivity index (χ4n) is 4.96. The van der Waals surface area contributed by atoms with Crippen LogP contribution in [0.3, 0.4) is 0 Å². The van der Waals surface area contributed by atoms with Gasteiger partial charge in [0, 0.05) is 46.1 Å². The Morgan fingerprint density at radius 3 is 1.32 bits per heavy atom. The third kappa shape index (κ3) is 15.0. The predicted molar refractivity (Wildman–Crippen MR) is 224 cm³/mol. The molecule has 0 unspecified atom stereocenters. The van der Waals surface area contributed by atoms with Gasteiger partial charge in [-0.15, -0.1) is 0 Å². The smallest absolute Gasteiger partial charge is 0.295 e. The first-order valence-electron chi connectivity index (χ1n) is 17.5. The van der Waals surface area contributed by atoms with Crippen LogP contribution >= 0.6 is 0 Å². The van der Waals surface area contributed by atoms with Gasteiger partial charge < -0.3 is 5.32 Å². The number of anilines is 1. The number of carbonyl (C=O) groups is 4. The molecule has 0 radical (unpaired) electrons. The molecule has 57 heavy (non-hydrogen) atoms. The normalized spacial score (nSPS) is 10.5. The van der Waals surface area contributed by atoms with Crippen molar-refractivity contribution in [2.24, 2.45) is 0 Å². The second-order valence-corrected chi connectivity index (χ2v) is 15.4. The van der Waals surface area contributed by atoms with Gasteiger partial charge in [-0.1, -0.05) is 110 Å². The van der Waals surface area contributed by atoms with E-state index in [1.807, 2.05) is 68.4 Å². The highest BCUT2D eigenvalue weighted by Crippen LogP contribution is 2.35. The zero-order valence-electron chi connectivity index (χ0n) is 32.9. The maximum Gasteiger partial charge on any atom is 0.295 e. The molecule has 5 aromatic carbocycles. The van der Waals surface area contributed by atoms with Gasteiger partial charge in [-0.2, -0.15) is 16.8 Å². The number of Topliss-reactive ketones (excluding diaryl/α,β-unsaturated/α-hetero) is 4. The lowest BCUT2D eigenvalue weighted by Gasteiger charge is -2.13. The van der Waals surface area contributed by atoms with Crippen molar-refractivity contribution in [1.82, 2.24) is 0 Å². The number of hydrogen-bond acceptors (Lipinski definition) is 9. The van der Waals surface area contributed by atoms with E-state index in [0.717, 1.165) is 22.3 Å². The molecule has 0 bridgehead atoms. The number of rotatable bonds is 10. The summed E-state index contributed by atoms with van der Waals surface area (Å²) in [7, 11) is -7.62. The number of benzene rings is 5. The third-order valence-electron chi connectivity index (χ3n) is 8.21. The van der Waals surface area contributed by atoms with E-state index < -0.39 is 30.0 Å². The van der Waals surface area contributed by atoms with Gasteiger partial charge in [0.1, 0.15) is 9.79 Å². The number of hydrogen-bond donors (Lipinski definition) is 3. The Balaban J connectivity index is 0.000000286. The van der Waals surface area contributed by atoms with E-state index in [0.29, 0.717) is 28.8 Å². The summed E-state index contributed by atoms with van der Waals surface area (Å²) in [5, 5.41) is 2.74. The summed E-state index contributed by atoms with van der Waals surface area (Å²) >= 11 is 0. The Kier molecular flexibility index (Phi) is 17.8. The van der Waals surface area contributed by atoms with Gasteiger partial charge in [-0.05, 0) is 76.4 Å². The molecule has 0 aliphatic rings. The molecule has 5 aromatic rings. The van der Waals surface area contributed by atoms with E-state index in [2.05, 4.69) is 11.9 Å². The van der Waals surface area contributed by atoms with Gasteiger partial charge in [-0.25, -0.2) is 0 Å². The summed E-state index contributed by atoms with van der Waals surface area (Å²) in [6.45, 7) is 13.7. The van der Waals surface area contributed by atoms with Crippen LogP contribution < -0.4 is 5.32 Å². The summed E-state index contributed by atoms with van der Waals surface area (Å²) < 4.78 is 65.8. The van der Waals surface area contributed by atoms with Gasteiger partial charge in [0.25, 0.3) is 20.2 Å². The van der Waals surface area contributed by atoms with Crippen LogP contribution in [0.2, 0.25) is 0 Å². The molecule has 5 rings (SSSR count). The Labute approximate surface area is 335 Å². The summed E-state index contributed by atoms with van der Waals surface area (Å²) in [5.74, 6) is 0.190. The van der Waals surface area contributed by atoms with Crippen molar-refractivity contribution in [1.29, 1.82) is 0 Å². The average Bonchev–Trinajstić information content (AvgIpc) is 3.17. The van der Waals surface area contributed by atoms with Crippen LogP contribution in [0.1, 0.15) is 94.1 Å². The molecule has 0 aliphatic carbocycles. The van der Waals surface area contributed by atoms with Crippen molar-refractivity contribution >= 4 is 54.6 Å². The SMILES string of the molecule is C=C(C)c1ccc(C(C)=O)cc1.CC(=O)c1cccc(C(C)=O)c1.CC(=O)c1ccccc1.CCc1ccc(-c2ccc(NC)cc2S(=O)(=O)O)c(S(=O)(=O)O)c1. The van der Waals surface area contributed by atoms with E-state index in [4.69, 9.17) is 0 Å². The highest BCUT2D eigenvalue weighted by molar-refractivity contribution is 7.86. The Morgan fingerprint density at radius 2 is 0.930 bits per heavy atom. The summed E-state index contributed by atoms with van der Waals surface area (Å²) in [4.78, 5) is 42.5. The minimum absolute atomic E-state index is 0.00928. The molecule has 0 atom stereocenters. The molecule has 300 valence electrons. The molecule has 0 fully saturated rings. The molecule has 0 heterocycles. The molecule has 0 spiro atoms. The highest BCUT2D eigenvalue weighted by Gasteiger charge is 2.23. The molecule has 13 heteroatoms. The fraction of sp³-hybridized carbons (Fsp3) is 0.182. The topological polar surface area (TPSA) is 189 Å². The van der Waals surface area contributed by atoms with Crippen molar-refractivity contribution in [3.63, 3.8) is 0 Å². The van der Waals surface area contributed by atoms with E-state index in [1.165, 1.54) is 44.2 Å². The lowest BCUT2D eigenvalue weighted by atomic mass is 10.0. The Morgan fingerprint density at radius 1 is 0.526 bits per heavy atom. The molecule has 11 nitrogen and oxygen atoms in total. The number of allylic oxidation sites excluding steroid dienone is 1. The minimum atomic E-state index is -4.61. The number of nitrogens with one attached hydrogen (secondary N) is 1. The number of carbonyl (C=O) groups excluding carboxylic acids is 4. The standard InChI is InChI=1S/C15H17NO6S2.C11H12O.C10H10O2.C8H8O/c1-3-10-4-6-12(14(8-10)23(17,18)19)13-7-5-11(16-2)9-15(13)24(20,21)22;1-8(2)10-4-6-11(7-5-10)9(3)12;1-7(11)9-4-3-5-10(6-9)8(2)12;1-7(9)8-5-3-2-4-6-8/h4-9,16H,3H2,1-2H3,(H,17,18,19)(H,20,21,22);4-7H,1H2,2-3H3;3-6H,1-2H3;2-6H,1H3. The fourth-order valence-corrected chi connectivity index (χ4v) is 6.44. The molecule has 0 aliphatic heterocycles. The van der Waals surface area contributed by atoms with Gasteiger partial charge in [0.15, 0.2) is 23.1 Å². The predicted octanol–water partition coefficient (Wildman–Crippen LogP) is 9.35. The minimum Gasteiger partial charge on any atom is -0.388 e. The number of ketones is 4. The molecule has 3 N–H and O–H groups in total. The van der Waals surface area contributed by atoms with Gasteiger partial charge in [-0.3, -0.25) is 28.3 Å². The van der Waals surface area contributed by atoms with E-state index in [-0.39, 0.29) is 34.3 Å². The van der Waals surface area contributed by atoms with Crippen molar-refractivity contribution in [3.05, 3.63) is 155 Å². The first-order chi connectivity index (χ1) is 26.6. The molecular weight excluding hydrogens is 767 g/mol. The number of aryl methyl sites for hydroxylation is 1. The highest BCUT2D eigenvalue weighted by atomic mass is 32.2. The summed E-state index contributed by atoms with van der Waals surface area (Å²) in [6.07, 6.45) is 0.534. The summed E-state index contributed by atoms with van der Waals surface area (Å²) in [5.41, 5.74) is 5.85. The zero-order chi connectivity index (χ0) is 43.1. The monoisotopic (exact) mass is 813 g/mol. The Bertz CT molecular complexity index is 2310. The molecule has 0 amide bonds. The second kappa shape index (κ2) is 21.4. The van der Waals surface area contributed by atoms with Crippen LogP contribution in [0.25, 0.3) is 16.7 Å². The van der Waals surface area contributed by atoms with E-state index >= 15 is 0 Å². The van der Waals surface area contributed by atoms with Crippen molar-refractivity contribution in [2.75, 3.05) is 12.4 Å². The second-order valence-electron chi connectivity index (χ2n) is 12.6. The van der Waals surface area contributed by atoms with Crippen molar-refractivity contribution in [3.8, 4) is 11.1 Å². The van der Waals surface area contributed by atoms with E-state index in [9.17, 15) is 45.1 Å². The first kappa shape index (κ1) is 47.3. The van der Waals surface area contributed by atoms with Crippen LogP contribution in [-0.4, -0.2) is 56.1 Å². The van der Waals surface area contributed by atoms with Gasteiger partial charge in [0.05, 0.1) is 0 Å². The molecular formula is C44H47NO10S2. The lowest BCUT2D eigenvalue weighted by Crippen LogP contribution is -2.06. The van der Waals surface area contributed by atoms with Crippen LogP contribution in [-0.2, 0) is 26.7 Å². The quantitative estimate of drug-likeness (QED) is 0.0900. The zero-order valence-corrected chi connectivity index (χ0v) is 34.5. The first-order valence-corrected chi connectivity index (χ1v) is 20.3. The van der Waals surface area contributed by atoms with E-state index in [1.54, 1.807) is 51.2 Å². The molecule has 0 aromatic heterocycles. The summed E-state index contributed by atoms with van der Waals surface area (Å²) in [6, 6.07) is 31.9. The Hall–Kier alpha value is -5.86. The van der Waals surface area contributed by atoms with Crippen LogP contribution in [0.5, 0.6) is 0 Å². The van der Waals surface area contributed by atoms with Gasteiger partial charge in [0.2, 0.25) is 0 Å². The maximum atomic E-state index is 11.7. The third-order valence-corrected chi connectivity index (χ3v) is 10.00. The van der Waals surface area contributed by atoms with Crippen LogP contribution in [0.15, 0.2) is 132 Å². The van der Waals surface area contributed by atoms with Crippen LogP contribution in [0.4, 0.5) is 5.69 Å². The van der Waals surface area contributed by atoms with Gasteiger partial charge >= 0.3 is 0 Å². The maximum absolute atomic E-state index is 11.7. The average molecular weight is 814 g/mol. The van der Waals surface area contributed by atoms with Crippen molar-refractivity contribution < 1.29 is 45.1 Å². The van der Waals surface area contributed by atoms with Crippen LogP contribution in [0, 0.1) is 0 Å². The molecule has 0 saturated heterocycles. The lowest BCUT2D eigenvalue weighted by molar-refractivity contribution is 0.100. The van der Waals surface area contributed by atoms with Crippen molar-refractivity contribution in [2.45, 2.75) is 57.8 Å². The largest absolute Gasteiger partial charge is 0.388 e.